The van der Waals surface area contributed by atoms with Crippen molar-refractivity contribution in [2.24, 2.45) is 0 Å². The predicted molar refractivity (Wildman–Crippen MR) is 98.0 cm³/mol. The summed E-state index contributed by atoms with van der Waals surface area (Å²) in [6.07, 6.45) is 12.0. The summed E-state index contributed by atoms with van der Waals surface area (Å²) in [6.45, 7) is 7.48. The second kappa shape index (κ2) is 10.3. The number of aliphatic hydroxyl groups is 1. The van der Waals surface area contributed by atoms with Crippen LogP contribution in [0.4, 0.5) is 0 Å². The topological polar surface area (TPSA) is 76.0 Å². The summed E-state index contributed by atoms with van der Waals surface area (Å²) in [5.41, 5.74) is 2.04. The lowest BCUT2D eigenvalue weighted by Crippen LogP contribution is -2.24. The van der Waals surface area contributed by atoms with Gasteiger partial charge in [0.2, 0.25) is 0 Å². The van der Waals surface area contributed by atoms with E-state index in [0.717, 1.165) is 24.0 Å². The zero-order valence-electron chi connectivity index (χ0n) is 15.6. The average molecular weight is 350 g/mol. The van der Waals surface area contributed by atoms with Crippen LogP contribution in [0.1, 0.15) is 53.4 Å². The summed E-state index contributed by atoms with van der Waals surface area (Å²) < 4.78 is 5.53. The molecule has 5 heteroatoms. The van der Waals surface area contributed by atoms with Crippen molar-refractivity contribution in [3.05, 3.63) is 47.1 Å². The molecule has 1 aliphatic rings. The summed E-state index contributed by atoms with van der Waals surface area (Å²) >= 11 is 0. The number of hydrogen-bond acceptors (Lipinski definition) is 5. The van der Waals surface area contributed by atoms with Crippen molar-refractivity contribution >= 4 is 5.97 Å². The predicted octanol–water partition coefficient (Wildman–Crippen LogP) is 4.11. The minimum absolute atomic E-state index is 0.0679. The normalized spacial score (nSPS) is 20.0. The number of cyclic esters (lactones) is 1. The summed E-state index contributed by atoms with van der Waals surface area (Å²) in [4.78, 5) is 16.5. The van der Waals surface area contributed by atoms with Crippen LogP contribution in [0.25, 0.3) is 0 Å². The lowest BCUT2D eigenvalue weighted by molar-refractivity contribution is -0.297. The van der Waals surface area contributed by atoms with Gasteiger partial charge in [0.1, 0.15) is 11.7 Å². The fraction of sp³-hybridized carbons (Fsp3) is 0.550. The molecule has 0 spiro atoms. The quantitative estimate of drug-likeness (QED) is 0.283. The van der Waals surface area contributed by atoms with Crippen LogP contribution in [-0.4, -0.2) is 34.6 Å². The molecule has 1 rings (SSSR count). The Kier molecular flexibility index (Phi) is 8.83. The highest BCUT2D eigenvalue weighted by Gasteiger charge is 2.23. The Morgan fingerprint density at radius 3 is 2.72 bits per heavy atom. The van der Waals surface area contributed by atoms with Crippen LogP contribution in [0.2, 0.25) is 0 Å². The smallest absolute Gasteiger partial charge is 0.334 e. The van der Waals surface area contributed by atoms with Gasteiger partial charge in [0.15, 0.2) is 0 Å². The highest BCUT2D eigenvalue weighted by Crippen LogP contribution is 2.23. The highest BCUT2D eigenvalue weighted by molar-refractivity contribution is 5.89. The molecule has 0 aromatic rings. The molecule has 0 aromatic heterocycles. The van der Waals surface area contributed by atoms with Crippen molar-refractivity contribution in [3.8, 4) is 0 Å². The third-order valence-electron chi connectivity index (χ3n) is 4.13. The van der Waals surface area contributed by atoms with Crippen LogP contribution in [0.5, 0.6) is 0 Å². The van der Waals surface area contributed by atoms with E-state index in [0.29, 0.717) is 18.4 Å². The molecule has 0 aliphatic carbocycles. The van der Waals surface area contributed by atoms with Crippen LogP contribution in [-0.2, 0) is 14.4 Å². The molecule has 0 fully saturated rings. The van der Waals surface area contributed by atoms with Crippen molar-refractivity contribution in [1.82, 2.24) is 0 Å². The number of hydrogen-bond donors (Lipinski definition) is 2. The van der Waals surface area contributed by atoms with E-state index >= 15 is 0 Å². The Hall–Kier alpha value is -1.69. The highest BCUT2D eigenvalue weighted by atomic mass is 17.1. The van der Waals surface area contributed by atoms with Crippen LogP contribution < -0.4 is 0 Å². The number of allylic oxidation sites excluding steroid dienone is 3. The molecule has 1 unspecified atom stereocenters. The maximum atomic E-state index is 12.1. The molecule has 0 aromatic carbocycles. The molecule has 1 heterocycles. The van der Waals surface area contributed by atoms with E-state index < -0.39 is 5.60 Å². The SMILES string of the molecule is CC(=CCO)CCC=C(C)C1CC=C(CC=CC(C)(C)OO)C(=O)O1. The number of rotatable bonds is 9. The first-order chi connectivity index (χ1) is 11.8. The third kappa shape index (κ3) is 7.82. The summed E-state index contributed by atoms with van der Waals surface area (Å²) in [5, 5.41) is 17.6. The number of carbonyl (C=O) groups is 1. The fourth-order valence-electron chi connectivity index (χ4n) is 2.45. The Balaban J connectivity index is 2.56. The Labute approximate surface area is 150 Å². The van der Waals surface area contributed by atoms with Gasteiger partial charge in [-0.15, -0.1) is 0 Å². The standard InChI is InChI=1S/C20H30O5/c1-15(12-14-21)7-5-8-16(2)18-11-10-17(19(22)24-18)9-6-13-20(3,4)25-23/h6,8,10,12-13,18,21,23H,5,7,9,11,14H2,1-4H3. The van der Waals surface area contributed by atoms with Gasteiger partial charge in [-0.2, -0.15) is 0 Å². The monoisotopic (exact) mass is 350 g/mol. The van der Waals surface area contributed by atoms with Gasteiger partial charge in [0, 0.05) is 12.0 Å². The van der Waals surface area contributed by atoms with Crippen molar-refractivity contribution < 1.29 is 24.8 Å². The zero-order valence-corrected chi connectivity index (χ0v) is 15.6. The molecule has 25 heavy (non-hydrogen) atoms. The molecule has 0 saturated heterocycles. The summed E-state index contributed by atoms with van der Waals surface area (Å²) in [6, 6.07) is 0. The van der Waals surface area contributed by atoms with Crippen LogP contribution in [0.3, 0.4) is 0 Å². The molecule has 0 radical (unpaired) electrons. The minimum atomic E-state index is -0.774. The van der Waals surface area contributed by atoms with Gasteiger partial charge in [-0.25, -0.2) is 9.68 Å². The molecule has 2 N–H and O–H groups in total. The molecule has 1 aliphatic heterocycles. The molecular formula is C20H30O5. The summed E-state index contributed by atoms with van der Waals surface area (Å²) in [5.74, 6) is -0.298. The van der Waals surface area contributed by atoms with E-state index in [1.807, 2.05) is 19.9 Å². The summed E-state index contributed by atoms with van der Waals surface area (Å²) in [7, 11) is 0. The van der Waals surface area contributed by atoms with Crippen molar-refractivity contribution in [2.45, 2.75) is 65.1 Å². The zero-order chi connectivity index (χ0) is 18.9. The first kappa shape index (κ1) is 21.4. The van der Waals surface area contributed by atoms with E-state index in [1.54, 1.807) is 32.1 Å². The maximum absolute atomic E-state index is 12.1. The number of carbonyl (C=O) groups excluding carboxylic acids is 1. The molecule has 0 saturated carbocycles. The molecule has 0 bridgehead atoms. The molecular weight excluding hydrogens is 320 g/mol. The number of aliphatic hydroxyl groups excluding tert-OH is 1. The van der Waals surface area contributed by atoms with E-state index in [4.69, 9.17) is 15.1 Å². The first-order valence-corrected chi connectivity index (χ1v) is 8.62. The number of ether oxygens (including phenoxy) is 1. The van der Waals surface area contributed by atoms with E-state index in [9.17, 15) is 4.79 Å². The number of esters is 1. The Morgan fingerprint density at radius 2 is 2.12 bits per heavy atom. The lowest BCUT2D eigenvalue weighted by Gasteiger charge is -2.23. The van der Waals surface area contributed by atoms with Crippen molar-refractivity contribution in [3.63, 3.8) is 0 Å². The lowest BCUT2D eigenvalue weighted by atomic mass is 9.99. The maximum Gasteiger partial charge on any atom is 0.334 e. The van der Waals surface area contributed by atoms with E-state index in [2.05, 4.69) is 11.0 Å². The largest absolute Gasteiger partial charge is 0.454 e. The Morgan fingerprint density at radius 1 is 1.40 bits per heavy atom. The van der Waals surface area contributed by atoms with Crippen LogP contribution in [0.15, 0.2) is 47.1 Å². The Bertz CT molecular complexity index is 567. The van der Waals surface area contributed by atoms with Gasteiger partial charge in [0.25, 0.3) is 0 Å². The van der Waals surface area contributed by atoms with Crippen molar-refractivity contribution in [2.75, 3.05) is 6.61 Å². The second-order valence-corrected chi connectivity index (χ2v) is 6.88. The molecule has 0 amide bonds. The minimum Gasteiger partial charge on any atom is -0.454 e. The molecule has 5 nitrogen and oxygen atoms in total. The van der Waals surface area contributed by atoms with Gasteiger partial charge >= 0.3 is 5.97 Å². The molecule has 1 atom stereocenters. The van der Waals surface area contributed by atoms with Crippen LogP contribution >= 0.6 is 0 Å². The van der Waals surface area contributed by atoms with Crippen molar-refractivity contribution in [1.29, 1.82) is 0 Å². The van der Waals surface area contributed by atoms with Gasteiger partial charge in [-0.1, -0.05) is 36.0 Å². The fourth-order valence-corrected chi connectivity index (χ4v) is 2.45. The van der Waals surface area contributed by atoms with E-state index in [-0.39, 0.29) is 18.7 Å². The second-order valence-electron chi connectivity index (χ2n) is 6.88. The van der Waals surface area contributed by atoms with Gasteiger partial charge < -0.3 is 9.84 Å². The molecule has 140 valence electrons. The average Bonchev–Trinajstić information content (AvgIpc) is 2.56. The van der Waals surface area contributed by atoms with Gasteiger partial charge in [-0.3, -0.25) is 5.26 Å². The van der Waals surface area contributed by atoms with E-state index in [1.165, 1.54) is 0 Å². The van der Waals surface area contributed by atoms with Gasteiger partial charge in [0.05, 0.1) is 6.61 Å². The van der Waals surface area contributed by atoms with Crippen LogP contribution in [0, 0.1) is 0 Å². The third-order valence-corrected chi connectivity index (χ3v) is 4.13. The van der Waals surface area contributed by atoms with Gasteiger partial charge in [-0.05, 0) is 52.5 Å². The first-order valence-electron chi connectivity index (χ1n) is 8.62.